The number of amides is 2. The van der Waals surface area contributed by atoms with Gasteiger partial charge >= 0.3 is 6.03 Å². The molecule has 0 unspecified atom stereocenters. The van der Waals surface area contributed by atoms with E-state index < -0.39 is 0 Å². The molecule has 1 aromatic carbocycles. The van der Waals surface area contributed by atoms with Crippen LogP contribution in [0.3, 0.4) is 0 Å². The van der Waals surface area contributed by atoms with Crippen LogP contribution in [0.1, 0.15) is 98.3 Å². The molecule has 0 N–H and O–H groups in total. The number of carbonyl (C=O) groups excluding carboxylic acids is 1. The first kappa shape index (κ1) is 23.6. The fraction of sp³-hybridized carbons (Fsp3) is 0.621. The number of nitrogens with zero attached hydrogens (tertiary/aromatic N) is 7. The molecule has 3 aromatic rings. The fourth-order valence-corrected chi connectivity index (χ4v) is 7.07. The molecule has 2 aliphatic heterocycles. The second-order valence-electron chi connectivity index (χ2n) is 12.7. The Morgan fingerprint density at radius 1 is 0.949 bits per heavy atom. The van der Waals surface area contributed by atoms with E-state index in [9.17, 15) is 9.18 Å². The normalized spacial score (nSPS) is 24.0. The molecule has 9 nitrogen and oxygen atoms in total. The summed E-state index contributed by atoms with van der Waals surface area (Å²) in [4.78, 5) is 26.6. The van der Waals surface area contributed by atoms with Crippen LogP contribution in [0.25, 0.3) is 0 Å². The highest BCUT2D eigenvalue weighted by molar-refractivity contribution is 5.75. The van der Waals surface area contributed by atoms with Crippen LogP contribution in [0.4, 0.5) is 9.18 Å². The van der Waals surface area contributed by atoms with Gasteiger partial charge in [-0.15, -0.1) is 0 Å². The van der Waals surface area contributed by atoms with Crippen molar-refractivity contribution in [3.8, 4) is 0 Å². The van der Waals surface area contributed by atoms with Crippen LogP contribution >= 0.6 is 0 Å². The van der Waals surface area contributed by atoms with Gasteiger partial charge in [0.25, 0.3) is 0 Å². The maximum atomic E-state index is 13.7. The van der Waals surface area contributed by atoms with E-state index in [1.165, 1.54) is 25.0 Å². The molecule has 8 rings (SSSR count). The number of halogens is 1. The van der Waals surface area contributed by atoms with Crippen LogP contribution in [0, 0.1) is 17.2 Å². The van der Waals surface area contributed by atoms with Crippen molar-refractivity contribution in [2.24, 2.45) is 11.3 Å². The number of hydrogen-bond acceptors (Lipinski definition) is 6. The Hall–Kier alpha value is -3.30. The number of benzene rings is 1. The van der Waals surface area contributed by atoms with Gasteiger partial charge < -0.3 is 14.3 Å². The van der Waals surface area contributed by atoms with Gasteiger partial charge in [-0.2, -0.15) is 10.1 Å². The highest BCUT2D eigenvalue weighted by atomic mass is 19.1. The minimum atomic E-state index is -0.253. The minimum absolute atomic E-state index is 0.0840. The molecule has 0 radical (unpaired) electrons. The van der Waals surface area contributed by atoms with Crippen molar-refractivity contribution in [1.82, 2.24) is 34.7 Å². The molecule has 1 spiro atoms. The Labute approximate surface area is 226 Å². The number of likely N-dealkylation sites (tertiary alicyclic amines) is 2. The summed E-state index contributed by atoms with van der Waals surface area (Å²) in [6, 6.07) is 7.24. The molecule has 39 heavy (non-hydrogen) atoms. The van der Waals surface area contributed by atoms with E-state index in [2.05, 4.69) is 14.8 Å². The van der Waals surface area contributed by atoms with Crippen molar-refractivity contribution >= 4 is 6.03 Å². The first-order chi connectivity index (χ1) is 19.0. The summed E-state index contributed by atoms with van der Waals surface area (Å²) in [6.07, 6.45) is 10.4. The number of hydrogen-bond donors (Lipinski definition) is 0. The SMILES string of the molecule is O=C(N1CCC([C@@H](c2ccc(F)cc2)c2nc(C3CC3)no2)CC1)N1CC2(CC(n3cnc(C4CC4)n3)C2)C1. The average molecular weight is 532 g/mol. The lowest BCUT2D eigenvalue weighted by atomic mass is 9.61. The van der Waals surface area contributed by atoms with Crippen LogP contribution in [0.2, 0.25) is 0 Å². The van der Waals surface area contributed by atoms with Gasteiger partial charge in [0.15, 0.2) is 11.6 Å². The molecule has 10 heteroatoms. The topological polar surface area (TPSA) is 93.2 Å². The van der Waals surface area contributed by atoms with Gasteiger partial charge in [0, 0.05) is 43.4 Å². The molecular formula is C29H34FN7O2. The summed E-state index contributed by atoms with van der Waals surface area (Å²) in [5.41, 5.74) is 1.25. The summed E-state index contributed by atoms with van der Waals surface area (Å²) < 4.78 is 21.5. The molecule has 5 aliphatic rings. The molecular weight excluding hydrogens is 497 g/mol. The lowest BCUT2D eigenvalue weighted by Gasteiger charge is -2.59. The first-order valence-electron chi connectivity index (χ1n) is 14.6. The number of piperidine rings is 1. The van der Waals surface area contributed by atoms with Gasteiger partial charge in [-0.25, -0.2) is 18.9 Å². The number of aromatic nitrogens is 5. The monoisotopic (exact) mass is 531 g/mol. The van der Waals surface area contributed by atoms with Crippen molar-refractivity contribution in [2.45, 2.75) is 75.2 Å². The van der Waals surface area contributed by atoms with Crippen molar-refractivity contribution in [3.63, 3.8) is 0 Å². The summed E-state index contributed by atoms with van der Waals surface area (Å²) >= 11 is 0. The molecule has 3 saturated carbocycles. The number of rotatable bonds is 6. The summed E-state index contributed by atoms with van der Waals surface area (Å²) in [5, 5.41) is 8.96. The Balaban J connectivity index is 0.879. The lowest BCUT2D eigenvalue weighted by Crippen LogP contribution is -2.66. The van der Waals surface area contributed by atoms with Gasteiger partial charge in [-0.05, 0) is 75.0 Å². The quantitative estimate of drug-likeness (QED) is 0.451. The van der Waals surface area contributed by atoms with Crippen LogP contribution in [-0.2, 0) is 0 Å². The zero-order chi connectivity index (χ0) is 26.1. The fourth-order valence-electron chi connectivity index (χ4n) is 7.07. The van der Waals surface area contributed by atoms with Crippen molar-refractivity contribution in [1.29, 1.82) is 0 Å². The zero-order valence-corrected chi connectivity index (χ0v) is 22.1. The predicted octanol–water partition coefficient (Wildman–Crippen LogP) is 4.86. The van der Waals surface area contributed by atoms with Crippen molar-refractivity contribution in [2.75, 3.05) is 26.2 Å². The third-order valence-electron chi connectivity index (χ3n) is 9.68. The third-order valence-corrected chi connectivity index (χ3v) is 9.68. The van der Waals surface area contributed by atoms with Crippen LogP contribution < -0.4 is 0 Å². The van der Waals surface area contributed by atoms with Crippen LogP contribution in [-0.4, -0.2) is 66.9 Å². The highest BCUT2D eigenvalue weighted by Crippen LogP contribution is 2.54. The van der Waals surface area contributed by atoms with E-state index >= 15 is 0 Å². The molecule has 1 atom stereocenters. The maximum absolute atomic E-state index is 13.7. The average Bonchev–Trinajstić information content (AvgIpc) is 3.84. The minimum Gasteiger partial charge on any atom is -0.339 e. The molecule has 204 valence electrons. The molecule has 2 aromatic heterocycles. The van der Waals surface area contributed by atoms with E-state index in [0.717, 1.165) is 68.8 Å². The van der Waals surface area contributed by atoms with Gasteiger partial charge in [-0.3, -0.25) is 0 Å². The smallest absolute Gasteiger partial charge is 0.320 e. The van der Waals surface area contributed by atoms with E-state index in [4.69, 9.17) is 14.6 Å². The second-order valence-corrected chi connectivity index (χ2v) is 12.7. The second kappa shape index (κ2) is 8.86. The van der Waals surface area contributed by atoms with E-state index in [0.29, 0.717) is 36.9 Å². The molecule has 3 aliphatic carbocycles. The van der Waals surface area contributed by atoms with E-state index in [-0.39, 0.29) is 29.1 Å². The van der Waals surface area contributed by atoms with Crippen molar-refractivity contribution < 1.29 is 13.7 Å². The van der Waals surface area contributed by atoms with Gasteiger partial charge in [0.2, 0.25) is 5.89 Å². The Morgan fingerprint density at radius 2 is 1.64 bits per heavy atom. The Morgan fingerprint density at radius 3 is 2.33 bits per heavy atom. The van der Waals surface area contributed by atoms with E-state index in [1.807, 2.05) is 28.3 Å². The highest BCUT2D eigenvalue weighted by Gasteiger charge is 2.55. The van der Waals surface area contributed by atoms with Crippen LogP contribution in [0.5, 0.6) is 0 Å². The molecule has 5 fully saturated rings. The summed E-state index contributed by atoms with van der Waals surface area (Å²) in [6.45, 7) is 3.10. The number of urea groups is 1. The molecule has 0 bridgehead atoms. The predicted molar refractivity (Wildman–Crippen MR) is 138 cm³/mol. The van der Waals surface area contributed by atoms with E-state index in [1.54, 1.807) is 0 Å². The molecule has 2 amide bonds. The van der Waals surface area contributed by atoms with Gasteiger partial charge in [0.05, 0.1) is 12.0 Å². The third kappa shape index (κ3) is 4.32. The standard InChI is InChI=1S/C29H34FN7O2/c30-22-7-5-18(6-8-22)24(27-32-26(34-39-27)21-3-4-21)19-9-11-35(12-10-19)28(38)36-15-29(16-36)13-23(14-29)37-17-31-25(33-37)20-1-2-20/h5-8,17,19-21,23-24H,1-4,9-16H2/t24-/m1/s1. The maximum Gasteiger partial charge on any atom is 0.320 e. The largest absolute Gasteiger partial charge is 0.339 e. The van der Waals surface area contributed by atoms with Crippen molar-refractivity contribution in [3.05, 3.63) is 59.5 Å². The zero-order valence-electron chi connectivity index (χ0n) is 22.1. The first-order valence-corrected chi connectivity index (χ1v) is 14.6. The van der Waals surface area contributed by atoms with Gasteiger partial charge in [0.1, 0.15) is 12.1 Å². The molecule has 2 saturated heterocycles. The Bertz CT molecular complexity index is 1360. The summed E-state index contributed by atoms with van der Waals surface area (Å²) in [5.74, 6) is 3.34. The van der Waals surface area contributed by atoms with Gasteiger partial charge in [-0.1, -0.05) is 17.3 Å². The number of carbonyl (C=O) groups is 1. The van der Waals surface area contributed by atoms with Crippen LogP contribution in [0.15, 0.2) is 35.1 Å². The Kier molecular flexibility index (Phi) is 5.35. The molecule has 4 heterocycles. The summed E-state index contributed by atoms with van der Waals surface area (Å²) in [7, 11) is 0. The lowest BCUT2D eigenvalue weighted by molar-refractivity contribution is -0.0751.